The van der Waals surface area contributed by atoms with Crippen LogP contribution in [0.5, 0.6) is 11.5 Å². The van der Waals surface area contributed by atoms with E-state index in [1.807, 2.05) is 18.2 Å². The maximum Gasteiger partial charge on any atom is 0.190 e. The summed E-state index contributed by atoms with van der Waals surface area (Å²) in [6, 6.07) is 16.2. The Kier molecular flexibility index (Phi) is 4.62. The van der Waals surface area contributed by atoms with E-state index in [1.165, 1.54) is 0 Å². The first-order valence-electron chi connectivity index (χ1n) is 9.33. The van der Waals surface area contributed by atoms with Gasteiger partial charge in [0.05, 0.1) is 5.22 Å². The topological polar surface area (TPSA) is 72.4 Å². The van der Waals surface area contributed by atoms with E-state index in [-0.39, 0.29) is 16.5 Å². The zero-order chi connectivity index (χ0) is 20.5. The lowest BCUT2D eigenvalue weighted by Gasteiger charge is -2.23. The summed E-state index contributed by atoms with van der Waals surface area (Å²) in [4.78, 5) is 6.79. The highest BCUT2D eigenvalue weighted by molar-refractivity contribution is 5.90. The van der Waals surface area contributed by atoms with E-state index < -0.39 is 5.82 Å². The average Bonchev–Trinajstić information content (AvgIpc) is 2.76. The number of hydrogen-bond donors (Lipinski definition) is 0. The van der Waals surface area contributed by atoms with Crippen molar-refractivity contribution < 1.29 is 9.13 Å². The Labute approximate surface area is 167 Å². The third-order valence-electron chi connectivity index (χ3n) is 5.08. The molecular weight excluding hydrogens is 367 g/mol. The molecule has 1 heterocycles. The molecule has 6 heteroatoms. The molecule has 0 saturated carbocycles. The number of nitriles is 2. The molecule has 0 bridgehead atoms. The van der Waals surface area contributed by atoms with Gasteiger partial charge in [0.15, 0.2) is 17.3 Å². The monoisotopic (exact) mass is 384 g/mol. The molecule has 3 aromatic carbocycles. The van der Waals surface area contributed by atoms with Crippen LogP contribution >= 0.6 is 0 Å². The molecule has 0 unspecified atom stereocenters. The molecule has 1 aliphatic rings. The molecule has 0 N–H and O–H groups in total. The van der Waals surface area contributed by atoms with Crippen LogP contribution in [-0.2, 0) is 0 Å². The van der Waals surface area contributed by atoms with Gasteiger partial charge in [0.25, 0.3) is 0 Å². The number of ether oxygens (including phenoxy) is 1. The van der Waals surface area contributed by atoms with Crippen LogP contribution in [0.2, 0.25) is 0 Å². The molecule has 0 saturated heterocycles. The van der Waals surface area contributed by atoms with Crippen LogP contribution < -0.4 is 20.2 Å². The predicted molar refractivity (Wildman–Crippen MR) is 109 cm³/mol. The Morgan fingerprint density at radius 2 is 1.76 bits per heavy atom. The average molecular weight is 384 g/mol. The second-order valence-corrected chi connectivity index (χ2v) is 6.55. The Hall–Kier alpha value is -3.90. The van der Waals surface area contributed by atoms with Crippen LogP contribution in [0.3, 0.4) is 0 Å². The molecule has 0 aromatic heterocycles. The van der Waals surface area contributed by atoms with Gasteiger partial charge in [-0.2, -0.15) is 10.5 Å². The first kappa shape index (κ1) is 18.5. The fraction of sp³-hybridized carbons (Fsp3) is 0.174. The molecule has 142 valence electrons. The summed E-state index contributed by atoms with van der Waals surface area (Å²) in [7, 11) is 0. The zero-order valence-electron chi connectivity index (χ0n) is 16.0. The third kappa shape index (κ3) is 2.86. The van der Waals surface area contributed by atoms with Gasteiger partial charge in [-0.25, -0.2) is 9.38 Å². The van der Waals surface area contributed by atoms with Gasteiger partial charge >= 0.3 is 0 Å². The van der Waals surface area contributed by atoms with Crippen LogP contribution in [0.4, 0.5) is 15.8 Å². The number of benzene rings is 3. The predicted octanol–water partition coefficient (Wildman–Crippen LogP) is 4.08. The first-order valence-corrected chi connectivity index (χ1v) is 9.33. The lowest BCUT2D eigenvalue weighted by atomic mass is 10.0. The normalized spacial score (nSPS) is 11.3. The van der Waals surface area contributed by atoms with E-state index in [4.69, 9.17) is 4.74 Å². The summed E-state index contributed by atoms with van der Waals surface area (Å²) in [5.74, 6) is -0.372. The van der Waals surface area contributed by atoms with Gasteiger partial charge in [-0.15, -0.1) is 0 Å². The summed E-state index contributed by atoms with van der Waals surface area (Å²) in [5.41, 5.74) is 1.26. The van der Waals surface area contributed by atoms with Gasteiger partial charge in [-0.1, -0.05) is 24.3 Å². The van der Waals surface area contributed by atoms with E-state index >= 15 is 4.39 Å². The first-order chi connectivity index (χ1) is 14.1. The number of anilines is 1. The van der Waals surface area contributed by atoms with E-state index in [0.29, 0.717) is 27.6 Å². The molecule has 1 aliphatic heterocycles. The van der Waals surface area contributed by atoms with Crippen molar-refractivity contribution in [3.05, 3.63) is 58.9 Å². The third-order valence-corrected chi connectivity index (χ3v) is 5.08. The second-order valence-electron chi connectivity index (χ2n) is 6.55. The van der Waals surface area contributed by atoms with E-state index in [2.05, 4.69) is 23.7 Å². The molecule has 3 aromatic rings. The molecular formula is C23H17FN4O. The molecule has 0 atom stereocenters. The van der Waals surface area contributed by atoms with Crippen LogP contribution in [0.1, 0.15) is 13.8 Å². The molecule has 0 amide bonds. The molecule has 0 radical (unpaired) electrons. The van der Waals surface area contributed by atoms with Crippen LogP contribution in [0.15, 0.2) is 47.5 Å². The molecule has 0 fully saturated rings. The van der Waals surface area contributed by atoms with Crippen molar-refractivity contribution >= 4 is 27.7 Å². The molecule has 4 rings (SSSR count). The molecule has 0 spiro atoms. The summed E-state index contributed by atoms with van der Waals surface area (Å²) >= 11 is 0. The van der Waals surface area contributed by atoms with Gasteiger partial charge in [-0.05, 0) is 31.4 Å². The largest absolute Gasteiger partial charge is 0.450 e. The summed E-state index contributed by atoms with van der Waals surface area (Å²) in [6.07, 6.45) is 0. The summed E-state index contributed by atoms with van der Waals surface area (Å²) in [5, 5.41) is 20.1. The number of rotatable bonds is 3. The highest BCUT2D eigenvalue weighted by atomic mass is 19.1. The zero-order valence-corrected chi connectivity index (χ0v) is 16.0. The van der Waals surface area contributed by atoms with E-state index in [0.717, 1.165) is 18.8 Å². The Balaban J connectivity index is 2.08. The van der Waals surface area contributed by atoms with Gasteiger partial charge < -0.3 is 9.64 Å². The van der Waals surface area contributed by atoms with Gasteiger partial charge in [0, 0.05) is 30.2 Å². The van der Waals surface area contributed by atoms with E-state index in [1.54, 1.807) is 36.4 Å². The number of hydrogen-bond acceptors (Lipinski definition) is 5. The Bertz CT molecular complexity index is 1330. The van der Waals surface area contributed by atoms with Crippen molar-refractivity contribution in [2.75, 3.05) is 18.0 Å². The van der Waals surface area contributed by atoms with Gasteiger partial charge in [-0.3, -0.25) is 0 Å². The van der Waals surface area contributed by atoms with Crippen molar-refractivity contribution in [1.82, 2.24) is 0 Å². The minimum Gasteiger partial charge on any atom is -0.450 e. The maximum absolute atomic E-state index is 15.5. The van der Waals surface area contributed by atoms with Crippen LogP contribution in [0, 0.1) is 28.5 Å². The molecule has 29 heavy (non-hydrogen) atoms. The van der Waals surface area contributed by atoms with Crippen LogP contribution in [-0.4, -0.2) is 13.1 Å². The van der Waals surface area contributed by atoms with Crippen molar-refractivity contribution in [2.45, 2.75) is 13.8 Å². The lowest BCUT2D eigenvalue weighted by molar-refractivity contribution is 0.430. The highest BCUT2D eigenvalue weighted by Gasteiger charge is 2.22. The minimum absolute atomic E-state index is 0.0529. The minimum atomic E-state index is -0.751. The van der Waals surface area contributed by atoms with Crippen molar-refractivity contribution in [1.29, 1.82) is 10.5 Å². The van der Waals surface area contributed by atoms with Crippen molar-refractivity contribution in [3.63, 3.8) is 0 Å². The Morgan fingerprint density at radius 1 is 1.07 bits per heavy atom. The van der Waals surface area contributed by atoms with Crippen molar-refractivity contribution in [2.24, 2.45) is 4.99 Å². The standard InChI is InChI=1S/C23H17FN4O/c1-3-28(4-2)15-9-10-18-19(11-15)29-23-21(24)20(14(12-25)13-26)16-7-5-6-8-17(16)22(23)27-18/h5-11H,3-4H2,1-2H3. The van der Waals surface area contributed by atoms with Gasteiger partial charge in [0.2, 0.25) is 0 Å². The number of nitrogens with zero attached hydrogens (tertiary/aromatic N) is 4. The quantitative estimate of drug-likeness (QED) is 0.534. The van der Waals surface area contributed by atoms with Crippen molar-refractivity contribution in [3.8, 4) is 23.6 Å². The Morgan fingerprint density at radius 3 is 2.41 bits per heavy atom. The second kappa shape index (κ2) is 7.26. The molecule has 0 aliphatic carbocycles. The number of fused-ring (bicyclic) bond motifs is 4. The lowest BCUT2D eigenvalue weighted by Crippen LogP contribution is -2.24. The molecule has 5 nitrogen and oxygen atoms in total. The van der Waals surface area contributed by atoms with Gasteiger partial charge in [0.1, 0.15) is 28.8 Å². The maximum atomic E-state index is 15.5. The SMILES string of the molecule is CCN(CC)c1ccc2c(c1)Oc1c(F)c(=C(C#N)C#N)c3ccccc3c1=N2. The summed E-state index contributed by atoms with van der Waals surface area (Å²) < 4.78 is 21.4. The van der Waals surface area contributed by atoms with E-state index in [9.17, 15) is 10.5 Å². The summed E-state index contributed by atoms with van der Waals surface area (Å²) in [6.45, 7) is 5.77. The number of halogens is 1. The fourth-order valence-corrected chi connectivity index (χ4v) is 3.64. The smallest absolute Gasteiger partial charge is 0.190 e. The highest BCUT2D eigenvalue weighted by Crippen LogP contribution is 2.38. The van der Waals surface area contributed by atoms with Crippen LogP contribution in [0.25, 0.3) is 16.3 Å². The fourth-order valence-electron chi connectivity index (χ4n) is 3.64.